The zero-order valence-electron chi connectivity index (χ0n) is 15.7. The first-order valence-electron chi connectivity index (χ1n) is 9.38. The number of esters is 1. The van der Waals surface area contributed by atoms with E-state index in [9.17, 15) is 9.59 Å². The molecule has 0 bridgehead atoms. The summed E-state index contributed by atoms with van der Waals surface area (Å²) in [5, 5.41) is 0.658. The van der Waals surface area contributed by atoms with Gasteiger partial charge in [-0.3, -0.25) is 10.2 Å². The molecule has 0 radical (unpaired) electrons. The molecule has 2 aromatic rings. The number of nitrogens with zero attached hydrogens (tertiary/aromatic N) is 1. The van der Waals surface area contributed by atoms with E-state index in [0.29, 0.717) is 17.2 Å². The molecule has 2 N–H and O–H groups in total. The molecule has 2 aromatic carbocycles. The minimum atomic E-state index is -0.368. The Hall–Kier alpha value is -2.41. The van der Waals surface area contributed by atoms with Crippen molar-refractivity contribution in [2.75, 3.05) is 11.5 Å². The van der Waals surface area contributed by atoms with Gasteiger partial charge in [-0.05, 0) is 55.8 Å². The van der Waals surface area contributed by atoms with Gasteiger partial charge in [-0.15, -0.1) is 0 Å². The molecule has 2 saturated heterocycles. The third kappa shape index (κ3) is 3.17. The van der Waals surface area contributed by atoms with Crippen LogP contribution in [0.15, 0.2) is 48.5 Å². The lowest BCUT2D eigenvalue weighted by Crippen LogP contribution is -2.42. The molecule has 2 aliphatic heterocycles. The highest BCUT2D eigenvalue weighted by Crippen LogP contribution is 2.44. The number of carbonyl (C=O) groups excluding carboxylic acids is 2. The molecule has 7 heteroatoms. The Bertz CT molecular complexity index is 885. The maximum Gasteiger partial charge on any atom is 0.338 e. The first-order valence-corrected chi connectivity index (χ1v) is 9.76. The molecular weight excluding hydrogens is 378 g/mol. The average molecular weight is 400 g/mol. The fourth-order valence-electron chi connectivity index (χ4n) is 4.14. The van der Waals surface area contributed by atoms with E-state index in [1.165, 1.54) is 0 Å². The lowest BCUT2D eigenvalue weighted by molar-refractivity contribution is -0.119. The van der Waals surface area contributed by atoms with Gasteiger partial charge in [0.25, 0.3) is 0 Å². The minimum absolute atomic E-state index is 0.00526. The van der Waals surface area contributed by atoms with Gasteiger partial charge in [0, 0.05) is 22.7 Å². The molecular formula is C21H22ClN3O3. The minimum Gasteiger partial charge on any atom is -0.462 e. The van der Waals surface area contributed by atoms with Crippen LogP contribution in [0.1, 0.15) is 35.8 Å². The van der Waals surface area contributed by atoms with E-state index >= 15 is 0 Å². The largest absolute Gasteiger partial charge is 0.462 e. The van der Waals surface area contributed by atoms with Crippen molar-refractivity contribution in [3.63, 3.8) is 0 Å². The van der Waals surface area contributed by atoms with Crippen LogP contribution in [0.4, 0.5) is 5.69 Å². The Morgan fingerprint density at radius 1 is 1.11 bits per heavy atom. The number of benzene rings is 2. The molecule has 4 unspecified atom stereocenters. The number of carbonyl (C=O) groups is 2. The van der Waals surface area contributed by atoms with E-state index in [2.05, 4.69) is 17.8 Å². The number of hydrazine groups is 1. The van der Waals surface area contributed by atoms with Crippen molar-refractivity contribution in [3.05, 3.63) is 64.7 Å². The molecule has 4 rings (SSSR count). The highest BCUT2D eigenvalue weighted by atomic mass is 35.5. The average Bonchev–Trinajstić information content (AvgIpc) is 3.21. The molecule has 0 aromatic heterocycles. The van der Waals surface area contributed by atoms with Crippen LogP contribution in [-0.2, 0) is 9.53 Å². The van der Waals surface area contributed by atoms with Crippen molar-refractivity contribution in [3.8, 4) is 0 Å². The number of anilines is 1. The standard InChI is InChI=1S/C21H22ClN3O3/c1-3-28-21(27)14-6-10-16(11-7-14)25-19(13-4-8-15(22)9-5-13)17-12(2)23-24-18(17)20(25)26/h4-12,17-19,23-24H,3H2,1-2H3. The van der Waals surface area contributed by atoms with Crippen molar-refractivity contribution in [1.82, 2.24) is 10.9 Å². The second-order valence-corrected chi connectivity index (χ2v) is 7.54. The molecule has 0 spiro atoms. The molecule has 6 nitrogen and oxygen atoms in total. The molecule has 2 aliphatic rings. The zero-order valence-corrected chi connectivity index (χ0v) is 16.4. The lowest BCUT2D eigenvalue weighted by atomic mass is 9.87. The van der Waals surface area contributed by atoms with Crippen molar-refractivity contribution < 1.29 is 14.3 Å². The number of fused-ring (bicyclic) bond motifs is 1. The van der Waals surface area contributed by atoms with E-state index in [1.807, 2.05) is 29.2 Å². The van der Waals surface area contributed by atoms with Gasteiger partial charge in [0.1, 0.15) is 6.04 Å². The Morgan fingerprint density at radius 2 is 1.79 bits per heavy atom. The number of halogens is 1. The van der Waals surface area contributed by atoms with Crippen molar-refractivity contribution in [2.45, 2.75) is 32.0 Å². The van der Waals surface area contributed by atoms with Crippen molar-refractivity contribution in [1.29, 1.82) is 0 Å². The first-order chi connectivity index (χ1) is 13.5. The second kappa shape index (κ2) is 7.54. The summed E-state index contributed by atoms with van der Waals surface area (Å²) in [5.41, 5.74) is 8.56. The first kappa shape index (κ1) is 18.9. The summed E-state index contributed by atoms with van der Waals surface area (Å²) < 4.78 is 5.04. The van der Waals surface area contributed by atoms with Crippen LogP contribution in [0.2, 0.25) is 5.02 Å². The van der Waals surface area contributed by atoms with E-state index in [0.717, 1.165) is 11.3 Å². The molecule has 0 saturated carbocycles. The van der Waals surface area contributed by atoms with E-state index < -0.39 is 0 Å². The van der Waals surface area contributed by atoms with E-state index in [1.54, 1.807) is 31.2 Å². The van der Waals surface area contributed by atoms with Crippen LogP contribution in [0, 0.1) is 5.92 Å². The smallest absolute Gasteiger partial charge is 0.338 e. The number of rotatable bonds is 4. The molecule has 146 valence electrons. The van der Waals surface area contributed by atoms with Crippen LogP contribution >= 0.6 is 11.6 Å². The summed E-state index contributed by atoms with van der Waals surface area (Å²) in [6.07, 6.45) is 0. The monoisotopic (exact) mass is 399 g/mol. The summed E-state index contributed by atoms with van der Waals surface area (Å²) in [5.74, 6) is -0.295. The molecule has 4 atom stereocenters. The zero-order chi connectivity index (χ0) is 19.8. The summed E-state index contributed by atoms with van der Waals surface area (Å²) >= 11 is 6.06. The van der Waals surface area contributed by atoms with Crippen LogP contribution < -0.4 is 15.8 Å². The summed E-state index contributed by atoms with van der Waals surface area (Å²) in [4.78, 5) is 27.0. The van der Waals surface area contributed by atoms with Gasteiger partial charge in [0.05, 0.1) is 18.2 Å². The van der Waals surface area contributed by atoms with Gasteiger partial charge in [-0.25, -0.2) is 10.2 Å². The van der Waals surface area contributed by atoms with Crippen LogP contribution in [-0.4, -0.2) is 30.6 Å². The predicted molar refractivity (Wildman–Crippen MR) is 107 cm³/mol. The Morgan fingerprint density at radius 3 is 2.43 bits per heavy atom. The quantitative estimate of drug-likeness (QED) is 0.773. The molecule has 1 amide bonds. The van der Waals surface area contributed by atoms with Crippen molar-refractivity contribution in [2.24, 2.45) is 5.92 Å². The van der Waals surface area contributed by atoms with Crippen molar-refractivity contribution >= 4 is 29.2 Å². The maximum absolute atomic E-state index is 13.2. The topological polar surface area (TPSA) is 70.7 Å². The maximum atomic E-state index is 13.2. The van der Waals surface area contributed by atoms with Gasteiger partial charge in [0.15, 0.2) is 0 Å². The van der Waals surface area contributed by atoms with Gasteiger partial charge >= 0.3 is 5.97 Å². The highest BCUT2D eigenvalue weighted by Gasteiger charge is 2.54. The Balaban J connectivity index is 1.72. The highest BCUT2D eigenvalue weighted by molar-refractivity contribution is 6.30. The molecule has 28 heavy (non-hydrogen) atoms. The van der Waals surface area contributed by atoms with Gasteiger partial charge in [-0.2, -0.15) is 0 Å². The summed E-state index contributed by atoms with van der Waals surface area (Å²) in [7, 11) is 0. The second-order valence-electron chi connectivity index (χ2n) is 7.10. The number of amides is 1. The molecule has 0 aliphatic carbocycles. The van der Waals surface area contributed by atoms with E-state index in [-0.39, 0.29) is 35.9 Å². The number of nitrogens with one attached hydrogen (secondary N) is 2. The summed E-state index contributed by atoms with van der Waals surface area (Å²) in [6.45, 7) is 4.16. The van der Waals surface area contributed by atoms with Gasteiger partial charge in [-0.1, -0.05) is 23.7 Å². The van der Waals surface area contributed by atoms with Crippen LogP contribution in [0.25, 0.3) is 0 Å². The molecule has 2 fully saturated rings. The molecule has 2 heterocycles. The third-order valence-electron chi connectivity index (χ3n) is 5.44. The fraction of sp³-hybridized carbons (Fsp3) is 0.333. The summed E-state index contributed by atoms with van der Waals surface area (Å²) in [6, 6.07) is 14.3. The fourth-order valence-corrected chi connectivity index (χ4v) is 4.26. The van der Waals surface area contributed by atoms with Gasteiger partial charge in [0.2, 0.25) is 5.91 Å². The Kier molecular flexibility index (Phi) is 5.10. The van der Waals surface area contributed by atoms with Crippen LogP contribution in [0.3, 0.4) is 0 Å². The number of ether oxygens (including phenoxy) is 1. The number of hydrogen-bond acceptors (Lipinski definition) is 5. The van der Waals surface area contributed by atoms with Gasteiger partial charge < -0.3 is 9.64 Å². The van der Waals surface area contributed by atoms with Crippen LogP contribution in [0.5, 0.6) is 0 Å². The lowest BCUT2D eigenvalue weighted by Gasteiger charge is -2.30. The predicted octanol–water partition coefficient (Wildman–Crippen LogP) is 3.09. The third-order valence-corrected chi connectivity index (χ3v) is 5.70. The van der Waals surface area contributed by atoms with E-state index in [4.69, 9.17) is 16.3 Å². The number of hydrogen-bond donors (Lipinski definition) is 2. The normalized spacial score (nSPS) is 26.4. The SMILES string of the molecule is CCOC(=O)c1ccc(N2C(=O)C3NNC(C)C3C2c2ccc(Cl)cc2)cc1. The Labute approximate surface area is 168 Å².